The summed E-state index contributed by atoms with van der Waals surface area (Å²) in [5.74, 6) is 1.10. The monoisotopic (exact) mass is 313 g/mol. The largest absolute Gasteiger partial charge is 0.381 e. The fraction of sp³-hybridized carbons (Fsp3) is 0.600. The van der Waals surface area contributed by atoms with Crippen molar-refractivity contribution in [1.82, 2.24) is 0 Å². The molecule has 18 heavy (non-hydrogen) atoms. The lowest BCUT2D eigenvalue weighted by atomic mass is 9.96. The van der Waals surface area contributed by atoms with Gasteiger partial charge < -0.3 is 10.5 Å². The Kier molecular flexibility index (Phi) is 7.56. The van der Waals surface area contributed by atoms with Crippen LogP contribution in [-0.2, 0) is 4.74 Å². The molecule has 1 rings (SSSR count). The third kappa shape index (κ3) is 5.98. The van der Waals surface area contributed by atoms with E-state index < -0.39 is 0 Å². The van der Waals surface area contributed by atoms with Crippen LogP contribution in [0.2, 0.25) is 0 Å². The molecule has 2 nitrogen and oxygen atoms in total. The normalized spacial score (nSPS) is 12.9. The van der Waals surface area contributed by atoms with Gasteiger partial charge in [-0.2, -0.15) is 0 Å². The van der Waals surface area contributed by atoms with Crippen molar-refractivity contribution in [2.45, 2.75) is 32.6 Å². The third-order valence-electron chi connectivity index (χ3n) is 3.05. The van der Waals surface area contributed by atoms with E-state index in [-0.39, 0.29) is 0 Å². The number of ether oxygens (including phenoxy) is 1. The highest BCUT2D eigenvalue weighted by Crippen LogP contribution is 2.22. The summed E-state index contributed by atoms with van der Waals surface area (Å²) in [6, 6.07) is 8.37. The summed E-state index contributed by atoms with van der Waals surface area (Å²) < 4.78 is 6.77. The zero-order chi connectivity index (χ0) is 13.4. The average Bonchev–Trinajstić information content (AvgIpc) is 2.33. The molecular formula is C15H24BrNO. The van der Waals surface area contributed by atoms with Crippen LogP contribution < -0.4 is 5.73 Å². The second kappa shape index (κ2) is 8.68. The Bertz CT molecular complexity index is 341. The van der Waals surface area contributed by atoms with Crippen LogP contribution in [0.25, 0.3) is 0 Å². The number of nitrogens with two attached hydrogens (primary N) is 1. The van der Waals surface area contributed by atoms with Crippen molar-refractivity contribution in [2.24, 2.45) is 11.7 Å². The third-order valence-corrected chi connectivity index (χ3v) is 3.55. The van der Waals surface area contributed by atoms with Crippen LogP contribution in [0.15, 0.2) is 28.7 Å². The second-order valence-corrected chi connectivity index (χ2v) is 5.99. The molecule has 1 atom stereocenters. The van der Waals surface area contributed by atoms with Crippen molar-refractivity contribution >= 4 is 15.9 Å². The molecule has 0 radical (unpaired) electrons. The smallest absolute Gasteiger partial charge is 0.0472 e. The Balaban J connectivity index is 2.34. The van der Waals surface area contributed by atoms with Gasteiger partial charge >= 0.3 is 0 Å². The molecule has 3 heteroatoms. The van der Waals surface area contributed by atoms with Crippen LogP contribution >= 0.6 is 15.9 Å². The molecular weight excluding hydrogens is 290 g/mol. The summed E-state index contributed by atoms with van der Waals surface area (Å²) in [6.45, 7) is 6.75. The average molecular weight is 314 g/mol. The first-order chi connectivity index (χ1) is 8.63. The summed E-state index contributed by atoms with van der Waals surface area (Å²) in [7, 11) is 0. The molecule has 0 aliphatic rings. The van der Waals surface area contributed by atoms with Crippen LogP contribution in [0, 0.1) is 5.92 Å². The Hall–Kier alpha value is -0.380. The molecule has 0 aromatic heterocycles. The maximum atomic E-state index is 5.85. The van der Waals surface area contributed by atoms with E-state index in [1.807, 2.05) is 6.07 Å². The van der Waals surface area contributed by atoms with Gasteiger partial charge in [0.25, 0.3) is 0 Å². The number of halogens is 1. The second-order valence-electron chi connectivity index (χ2n) is 5.07. The van der Waals surface area contributed by atoms with Crippen LogP contribution in [0.3, 0.4) is 0 Å². The molecule has 102 valence electrons. The topological polar surface area (TPSA) is 35.2 Å². The molecule has 0 heterocycles. The summed E-state index contributed by atoms with van der Waals surface area (Å²) in [6.07, 6.45) is 2.12. The van der Waals surface area contributed by atoms with Crippen molar-refractivity contribution < 1.29 is 4.74 Å². The van der Waals surface area contributed by atoms with Gasteiger partial charge in [0.1, 0.15) is 0 Å². The molecule has 1 unspecified atom stereocenters. The lowest BCUT2D eigenvalue weighted by molar-refractivity contribution is 0.117. The molecule has 1 aromatic rings. The lowest BCUT2D eigenvalue weighted by Crippen LogP contribution is -2.15. The van der Waals surface area contributed by atoms with Crippen molar-refractivity contribution in [1.29, 1.82) is 0 Å². The minimum Gasteiger partial charge on any atom is -0.381 e. The molecule has 0 aliphatic carbocycles. The first-order valence-electron chi connectivity index (χ1n) is 6.66. The number of hydrogen-bond acceptors (Lipinski definition) is 2. The molecule has 0 saturated heterocycles. The number of benzene rings is 1. The van der Waals surface area contributed by atoms with Gasteiger partial charge in [-0.05, 0) is 48.9 Å². The summed E-state index contributed by atoms with van der Waals surface area (Å²) in [5.41, 5.74) is 7.14. The zero-order valence-corrected chi connectivity index (χ0v) is 12.9. The quantitative estimate of drug-likeness (QED) is 0.738. The highest BCUT2D eigenvalue weighted by molar-refractivity contribution is 9.10. The van der Waals surface area contributed by atoms with E-state index in [1.165, 1.54) is 5.56 Å². The van der Waals surface area contributed by atoms with E-state index in [4.69, 9.17) is 10.5 Å². The molecule has 0 bridgehead atoms. The van der Waals surface area contributed by atoms with Gasteiger partial charge in [-0.25, -0.2) is 0 Å². The number of hydrogen-bond donors (Lipinski definition) is 1. The molecule has 2 N–H and O–H groups in total. The summed E-state index contributed by atoms with van der Waals surface area (Å²) >= 11 is 3.50. The summed E-state index contributed by atoms with van der Waals surface area (Å²) in [4.78, 5) is 0. The predicted octanol–water partition coefficient (Wildman–Crippen LogP) is 3.94. The zero-order valence-electron chi connectivity index (χ0n) is 11.4. The molecule has 0 fully saturated rings. The highest BCUT2D eigenvalue weighted by atomic mass is 79.9. The minimum absolute atomic E-state index is 0.390. The lowest BCUT2D eigenvalue weighted by Gasteiger charge is -2.16. The van der Waals surface area contributed by atoms with Gasteiger partial charge in [-0.15, -0.1) is 0 Å². The van der Waals surface area contributed by atoms with Gasteiger partial charge in [-0.3, -0.25) is 0 Å². The molecule has 0 amide bonds. The first kappa shape index (κ1) is 15.7. The van der Waals surface area contributed by atoms with E-state index in [0.29, 0.717) is 18.4 Å². The van der Waals surface area contributed by atoms with Gasteiger partial charge in [0.05, 0.1) is 0 Å². The molecule has 0 aliphatic heterocycles. The highest BCUT2D eigenvalue weighted by Gasteiger charge is 2.09. The minimum atomic E-state index is 0.390. The first-order valence-corrected chi connectivity index (χ1v) is 7.46. The van der Waals surface area contributed by atoms with Gasteiger partial charge in [0.2, 0.25) is 0 Å². The Morgan fingerprint density at radius 2 is 1.94 bits per heavy atom. The predicted molar refractivity (Wildman–Crippen MR) is 80.8 cm³/mol. The Labute approximate surface area is 119 Å². The molecule has 0 saturated carbocycles. The van der Waals surface area contributed by atoms with Crippen molar-refractivity contribution in [3.8, 4) is 0 Å². The van der Waals surface area contributed by atoms with E-state index in [2.05, 4.69) is 48.0 Å². The van der Waals surface area contributed by atoms with Crippen LogP contribution in [0.5, 0.6) is 0 Å². The fourth-order valence-electron chi connectivity index (χ4n) is 1.83. The summed E-state index contributed by atoms with van der Waals surface area (Å²) in [5, 5.41) is 0. The molecule has 0 spiro atoms. The van der Waals surface area contributed by atoms with Gasteiger partial charge in [0, 0.05) is 17.7 Å². The van der Waals surface area contributed by atoms with Crippen molar-refractivity contribution in [3.63, 3.8) is 0 Å². The fourth-order valence-corrected chi connectivity index (χ4v) is 2.24. The van der Waals surface area contributed by atoms with E-state index in [0.717, 1.165) is 30.5 Å². The Morgan fingerprint density at radius 3 is 2.56 bits per heavy atom. The van der Waals surface area contributed by atoms with Crippen LogP contribution in [-0.4, -0.2) is 19.8 Å². The van der Waals surface area contributed by atoms with E-state index in [1.54, 1.807) is 0 Å². The van der Waals surface area contributed by atoms with Crippen LogP contribution in [0.4, 0.5) is 0 Å². The molecule has 1 aromatic carbocycles. The Morgan fingerprint density at radius 1 is 1.22 bits per heavy atom. The maximum absolute atomic E-state index is 5.85. The van der Waals surface area contributed by atoms with Crippen molar-refractivity contribution in [2.75, 3.05) is 19.8 Å². The van der Waals surface area contributed by atoms with Gasteiger partial charge in [0.15, 0.2) is 0 Å². The van der Waals surface area contributed by atoms with Crippen molar-refractivity contribution in [3.05, 3.63) is 34.3 Å². The van der Waals surface area contributed by atoms with E-state index in [9.17, 15) is 0 Å². The maximum Gasteiger partial charge on any atom is 0.0472 e. The van der Waals surface area contributed by atoms with Gasteiger partial charge in [-0.1, -0.05) is 41.9 Å². The standard InChI is InChI=1S/C15H24BrNO/c1-12(2)6-8-18-9-7-14(11-17)13-4-3-5-15(16)10-13/h3-5,10,12,14H,6-9,11,17H2,1-2H3. The van der Waals surface area contributed by atoms with Crippen LogP contribution in [0.1, 0.15) is 38.2 Å². The van der Waals surface area contributed by atoms with E-state index >= 15 is 0 Å². The number of rotatable bonds is 8. The SMILES string of the molecule is CC(C)CCOCCC(CN)c1cccc(Br)c1.